The number of aryl methyl sites for hydroxylation is 1. The third kappa shape index (κ3) is 63.8. The van der Waals surface area contributed by atoms with Crippen molar-refractivity contribution < 1.29 is 140 Å². The van der Waals surface area contributed by atoms with Crippen LogP contribution in [0.3, 0.4) is 0 Å². The number of ether oxygens (including phenoxy) is 24. The summed E-state index contributed by atoms with van der Waals surface area (Å²) in [7, 11) is 2.01. The van der Waals surface area contributed by atoms with E-state index in [4.69, 9.17) is 119 Å². The molecule has 32 nitrogen and oxygen atoms in total. The van der Waals surface area contributed by atoms with Gasteiger partial charge in [-0.3, -0.25) is 9.59 Å². The third-order valence-corrected chi connectivity index (χ3v) is 15.4. The van der Waals surface area contributed by atoms with Crippen molar-refractivity contribution in [2.24, 2.45) is 5.11 Å². The van der Waals surface area contributed by atoms with E-state index < -0.39 is 0 Å². The molecule has 612 valence electrons. The number of carbonyl (C=O) groups is 2. The zero-order valence-corrected chi connectivity index (χ0v) is 64.7. The predicted molar refractivity (Wildman–Crippen MR) is 391 cm³/mol. The monoisotopic (exact) mass is 1560 g/mol. The maximum atomic E-state index is 12.3. The second kappa shape index (κ2) is 77.8. The Morgan fingerprint density at radius 2 is 0.689 bits per heavy atom. The van der Waals surface area contributed by atoms with E-state index in [2.05, 4.69) is 55.4 Å². The van der Waals surface area contributed by atoms with Crippen molar-refractivity contribution in [1.29, 1.82) is 0 Å². The number of ketones is 1. The van der Waals surface area contributed by atoms with Crippen molar-refractivity contribution in [3.63, 3.8) is 0 Å². The Morgan fingerprint density at radius 1 is 0.406 bits per heavy atom. The summed E-state index contributed by atoms with van der Waals surface area (Å²) in [6.07, 6.45) is 10.0. The first-order valence-electron chi connectivity index (χ1n) is 36.9. The molecule has 3 rings (SSSR count). The van der Waals surface area contributed by atoms with Gasteiger partial charge in [-0.25, -0.2) is 4.57 Å². The lowest BCUT2D eigenvalue weighted by Gasteiger charge is -2.13. The molecule has 0 saturated carbocycles. The Morgan fingerprint density at radius 3 is 0.972 bits per heavy atom. The summed E-state index contributed by atoms with van der Waals surface area (Å²) in [6, 6.07) is 9.92. The van der Waals surface area contributed by atoms with Gasteiger partial charge in [0.25, 0.3) is 0 Å². The van der Waals surface area contributed by atoms with Crippen LogP contribution in [0.1, 0.15) is 44.6 Å². The second-order valence-electron chi connectivity index (χ2n) is 22.7. The number of unbranched alkanes of at least 4 members (excludes halogenated alkanes) is 2. The summed E-state index contributed by atoms with van der Waals surface area (Å²) in [6.45, 7) is 25.7. The summed E-state index contributed by atoms with van der Waals surface area (Å²) < 4.78 is 135. The first-order valence-corrected chi connectivity index (χ1v) is 37.7. The number of rotatable bonds is 83. The summed E-state index contributed by atoms with van der Waals surface area (Å²) in [5.41, 5.74) is 11.5. The van der Waals surface area contributed by atoms with Gasteiger partial charge in [0, 0.05) is 60.5 Å². The minimum Gasteiger partial charge on any atom is -1.00 e. The number of amides is 1. The van der Waals surface area contributed by atoms with Crippen LogP contribution in [0.25, 0.3) is 16.5 Å². The zero-order valence-electron chi connectivity index (χ0n) is 63.1. The minimum absolute atomic E-state index is 0. The molecule has 2 aromatic rings. The normalized spacial score (nSPS) is 12.4. The quantitative estimate of drug-likeness (QED) is 0.0327. The number of pyridine rings is 1. The summed E-state index contributed by atoms with van der Waals surface area (Å²) >= 11 is 1.69. The van der Waals surface area contributed by atoms with Crippen molar-refractivity contribution >= 4 is 40.9 Å². The second-order valence-corrected chi connectivity index (χ2v) is 23.7. The fourth-order valence-electron chi connectivity index (χ4n) is 8.73. The molecule has 2 heterocycles. The number of Topliss-reactive ketones (excluding diaryl/α,β-unsaturated/α-hetero) is 1. The number of azide groups is 1. The number of anilines is 1. The Hall–Kier alpha value is -3.96. The van der Waals surface area contributed by atoms with E-state index in [0.29, 0.717) is 342 Å². The van der Waals surface area contributed by atoms with Crippen molar-refractivity contribution in [2.75, 3.05) is 336 Å². The van der Waals surface area contributed by atoms with Gasteiger partial charge in [-0.1, -0.05) is 22.9 Å². The molecular weight excluding hydrogens is 1430 g/mol. The lowest BCUT2D eigenvalue weighted by Crippen LogP contribution is -3.00. The van der Waals surface area contributed by atoms with E-state index in [1.54, 1.807) is 18.7 Å². The Balaban J connectivity index is 0.0000382. The van der Waals surface area contributed by atoms with Gasteiger partial charge in [0.1, 0.15) is 12.3 Å². The van der Waals surface area contributed by atoms with Crippen LogP contribution in [0.5, 0.6) is 0 Å². The summed E-state index contributed by atoms with van der Waals surface area (Å²) in [4.78, 5) is 29.2. The van der Waals surface area contributed by atoms with E-state index in [1.807, 2.05) is 25.2 Å². The van der Waals surface area contributed by atoms with Gasteiger partial charge in [-0.15, -0.1) is 0 Å². The van der Waals surface area contributed by atoms with Crippen LogP contribution in [0.4, 0.5) is 11.4 Å². The van der Waals surface area contributed by atoms with Gasteiger partial charge in [0.05, 0.1) is 328 Å². The van der Waals surface area contributed by atoms with Gasteiger partial charge < -0.3 is 136 Å². The maximum absolute atomic E-state index is 12.3. The number of nitrogens with zero attached hydrogens (tertiary/aromatic N) is 5. The summed E-state index contributed by atoms with van der Waals surface area (Å²) in [5, 5.41) is 7.75. The van der Waals surface area contributed by atoms with E-state index in [0.717, 1.165) is 47.0 Å². The fourth-order valence-corrected chi connectivity index (χ4v) is 9.83. The van der Waals surface area contributed by atoms with Gasteiger partial charge in [-0.05, 0) is 49.1 Å². The van der Waals surface area contributed by atoms with E-state index >= 15 is 0 Å². The highest BCUT2D eigenvalue weighted by Gasteiger charge is 2.22. The van der Waals surface area contributed by atoms with Crippen molar-refractivity contribution in [3.8, 4) is 0 Å². The molecule has 0 aliphatic carbocycles. The number of carbonyl (C=O) groups excluding carboxylic acids is 2. The standard InChI is InChI=1S/C72H124N6O26S.ClH/c1-66(79)11-16-81-18-20-83-22-24-85-26-28-87-30-32-89-34-36-91-38-40-93-42-44-95-46-48-97-50-52-99-54-56-101-58-60-103-62-63-104-61-59-102-57-55-100-53-51-98-49-47-96-45-43-94-41-39-92-37-35-90-33-31-88-29-27-86-25-23-84-21-19-82-17-12-74-71(80)6-4-3-5-13-78-14-9-67(10-15-78)64-72-77(2)69-65-68(75-76-73)7-8-70(69)105-72;/h7-10,14-15,64-65H,3-6,11-13,16-63H2,1-2H3;1H. The maximum Gasteiger partial charge on any atom is 0.220 e. The molecule has 1 aromatic heterocycles. The van der Waals surface area contributed by atoms with Crippen molar-refractivity contribution in [1.82, 2.24) is 5.32 Å². The van der Waals surface area contributed by atoms with Crippen molar-refractivity contribution in [3.05, 3.63) is 63.8 Å². The molecule has 0 bridgehead atoms. The molecular formula is C72H125ClN6O26S. The Kier molecular flexibility index (Phi) is 72.0. The molecule has 1 aromatic carbocycles. The molecule has 0 saturated heterocycles. The molecule has 0 unspecified atom stereocenters. The number of hydrogen-bond acceptors (Lipinski definition) is 29. The van der Waals surface area contributed by atoms with Gasteiger partial charge in [0.2, 0.25) is 5.91 Å². The largest absolute Gasteiger partial charge is 1.00 e. The molecule has 1 aliphatic heterocycles. The van der Waals surface area contributed by atoms with Crippen LogP contribution in [0.15, 0.2) is 57.8 Å². The van der Waals surface area contributed by atoms with Crippen LogP contribution in [-0.4, -0.2) is 342 Å². The molecule has 106 heavy (non-hydrogen) atoms. The molecule has 0 radical (unpaired) electrons. The molecule has 1 N–H and O–H groups in total. The fraction of sp³-hybridized carbons (Fsp3) is 0.792. The first-order chi connectivity index (χ1) is 52.0. The van der Waals surface area contributed by atoms with Crippen LogP contribution in [-0.2, 0) is 130 Å². The van der Waals surface area contributed by atoms with Crippen LogP contribution in [0, 0.1) is 0 Å². The Labute approximate surface area is 638 Å². The molecule has 0 spiro atoms. The molecule has 0 fully saturated rings. The lowest BCUT2D eigenvalue weighted by molar-refractivity contribution is -0.697. The number of fused-ring (bicyclic) bond motifs is 1. The highest BCUT2D eigenvalue weighted by molar-refractivity contribution is 8.03. The number of thioether (sulfide) groups is 1. The van der Waals surface area contributed by atoms with Crippen LogP contribution in [0.2, 0.25) is 0 Å². The highest BCUT2D eigenvalue weighted by atomic mass is 35.5. The van der Waals surface area contributed by atoms with Crippen LogP contribution >= 0.6 is 11.8 Å². The van der Waals surface area contributed by atoms with E-state index in [1.165, 1.54) is 0 Å². The number of nitrogens with one attached hydrogen (secondary N) is 1. The van der Waals surface area contributed by atoms with E-state index in [9.17, 15) is 9.59 Å². The van der Waals surface area contributed by atoms with Gasteiger partial charge in [-0.2, -0.15) is 0 Å². The number of halogens is 1. The van der Waals surface area contributed by atoms with Crippen molar-refractivity contribution in [2.45, 2.75) is 50.5 Å². The van der Waals surface area contributed by atoms with Gasteiger partial charge >= 0.3 is 0 Å². The number of hydrogen-bond donors (Lipinski definition) is 1. The first kappa shape index (κ1) is 98.1. The average molecular weight is 1560 g/mol. The lowest BCUT2D eigenvalue weighted by atomic mass is 10.2. The van der Waals surface area contributed by atoms with Crippen LogP contribution < -0.4 is 27.2 Å². The molecule has 34 heteroatoms. The number of aromatic nitrogens is 1. The topological polar surface area (TPSA) is 324 Å². The number of benzene rings is 1. The highest BCUT2D eigenvalue weighted by Crippen LogP contribution is 2.47. The zero-order chi connectivity index (χ0) is 74.5. The Bertz CT molecular complexity index is 2370. The summed E-state index contributed by atoms with van der Waals surface area (Å²) in [5.74, 6) is 0.158. The SMILES string of the molecule is CC(=O)CCOCCOCCOCCOCCOCCOCCOCCOCCOCCOCCOCCOCCOCCOCCOCCOCCOCCOCCOCCOCCOCCOCCOCCOCCNC(=O)CCCCC[n+]1ccc(C=C2Sc3ccc(N=[N+]=[N-])cc3N2C)cc1.[Cl-]. The average Bonchev–Trinajstić information content (AvgIpc) is 1.66. The molecule has 0 atom stereocenters. The molecule has 1 amide bonds. The third-order valence-electron chi connectivity index (χ3n) is 14.3. The smallest absolute Gasteiger partial charge is 0.220 e. The molecule has 1 aliphatic rings. The minimum atomic E-state index is 0. The van der Waals surface area contributed by atoms with E-state index in [-0.39, 0.29) is 24.1 Å². The predicted octanol–water partition coefficient (Wildman–Crippen LogP) is 2.51. The van der Waals surface area contributed by atoms with Gasteiger partial charge in [0.15, 0.2) is 12.4 Å².